The van der Waals surface area contributed by atoms with Crippen LogP contribution in [0.1, 0.15) is 71.1 Å². The van der Waals surface area contributed by atoms with Crippen LogP contribution >= 0.6 is 7.60 Å². The van der Waals surface area contributed by atoms with Crippen LogP contribution in [-0.4, -0.2) is 24.8 Å². The van der Waals surface area contributed by atoms with Gasteiger partial charge < -0.3 is 13.8 Å². The van der Waals surface area contributed by atoms with Crippen LogP contribution in [0.2, 0.25) is 0 Å². The number of hydrogen-bond donors (Lipinski definition) is 0. The first-order chi connectivity index (χ1) is 12.5. The number of ether oxygens (including phenoxy) is 1. The quantitative estimate of drug-likeness (QED) is 0.293. The summed E-state index contributed by atoms with van der Waals surface area (Å²) in [5.74, 6) is -0.0644. The fraction of sp³-hybridized carbons (Fsp3) is 0.667. The van der Waals surface area contributed by atoms with E-state index in [2.05, 4.69) is 20.8 Å². The Balaban J connectivity index is 3.17. The number of aryl methyl sites for hydroxylation is 2. The molecule has 0 aromatic heterocycles. The molecule has 0 N–H and O–H groups in total. The van der Waals surface area contributed by atoms with Crippen LogP contribution in [0.15, 0.2) is 12.1 Å². The van der Waals surface area contributed by atoms with Crippen LogP contribution in [0.3, 0.4) is 0 Å². The van der Waals surface area contributed by atoms with Crippen molar-refractivity contribution in [1.82, 2.24) is 0 Å². The molecule has 1 atom stereocenters. The molecule has 0 saturated heterocycles. The van der Waals surface area contributed by atoms with Crippen molar-refractivity contribution in [2.75, 3.05) is 13.2 Å². The molecule has 0 amide bonds. The van der Waals surface area contributed by atoms with Gasteiger partial charge in [0, 0.05) is 5.56 Å². The number of esters is 1. The zero-order valence-electron chi connectivity index (χ0n) is 18.0. The topological polar surface area (TPSA) is 61.8 Å². The minimum absolute atomic E-state index is 0.198. The van der Waals surface area contributed by atoms with E-state index < -0.39 is 19.2 Å². The van der Waals surface area contributed by atoms with Gasteiger partial charge in [-0.15, -0.1) is 0 Å². The maximum Gasteiger partial charge on any atom is 0.344 e. The molecule has 27 heavy (non-hydrogen) atoms. The molecule has 0 bridgehead atoms. The summed E-state index contributed by atoms with van der Waals surface area (Å²) in [5, 5.41) is 0. The van der Waals surface area contributed by atoms with Gasteiger partial charge in [0.15, 0.2) is 5.66 Å². The summed E-state index contributed by atoms with van der Waals surface area (Å²) in [7, 11) is -3.59. The monoisotopic (exact) mass is 398 g/mol. The molecule has 154 valence electrons. The van der Waals surface area contributed by atoms with Crippen molar-refractivity contribution in [3.8, 4) is 5.75 Å². The van der Waals surface area contributed by atoms with Gasteiger partial charge in [-0.25, -0.2) is 0 Å². The first-order valence-corrected chi connectivity index (χ1v) is 11.3. The molecule has 0 heterocycles. The zero-order valence-corrected chi connectivity index (χ0v) is 18.9. The molecule has 0 aliphatic heterocycles. The third kappa shape index (κ3) is 6.44. The molecule has 1 rings (SSSR count). The highest BCUT2D eigenvalue weighted by atomic mass is 31.2. The normalized spacial score (nSPS) is 13.5. The first-order valence-electron chi connectivity index (χ1n) is 9.68. The Morgan fingerprint density at radius 2 is 1.59 bits per heavy atom. The SMILES string of the molecule is CCCOP(=O)(OCCC)C(C)C(=O)Oc1c(C)cc(C)cc1C(C)(C)C. The van der Waals surface area contributed by atoms with Gasteiger partial charge >= 0.3 is 13.6 Å². The Labute approximate surface area is 164 Å². The van der Waals surface area contributed by atoms with E-state index in [0.29, 0.717) is 18.6 Å². The average molecular weight is 398 g/mol. The fourth-order valence-electron chi connectivity index (χ4n) is 2.66. The lowest BCUT2D eigenvalue weighted by molar-refractivity contribution is -0.134. The van der Waals surface area contributed by atoms with Crippen LogP contribution < -0.4 is 4.74 Å². The summed E-state index contributed by atoms with van der Waals surface area (Å²) in [6.45, 7) is 16.1. The lowest BCUT2D eigenvalue weighted by Gasteiger charge is -2.26. The van der Waals surface area contributed by atoms with E-state index in [1.54, 1.807) is 6.92 Å². The minimum atomic E-state index is -3.59. The van der Waals surface area contributed by atoms with E-state index in [9.17, 15) is 9.36 Å². The van der Waals surface area contributed by atoms with Crippen molar-refractivity contribution in [1.29, 1.82) is 0 Å². The molecule has 0 fully saturated rings. The van der Waals surface area contributed by atoms with Crippen molar-refractivity contribution in [2.24, 2.45) is 0 Å². The molecule has 0 aliphatic carbocycles. The molecule has 0 saturated carbocycles. The molecular formula is C21H35O5P. The van der Waals surface area contributed by atoms with Crippen LogP contribution in [0.4, 0.5) is 0 Å². The van der Waals surface area contributed by atoms with Gasteiger partial charge in [-0.05, 0) is 44.6 Å². The van der Waals surface area contributed by atoms with Gasteiger partial charge in [0.2, 0.25) is 0 Å². The fourth-order valence-corrected chi connectivity index (χ4v) is 4.37. The summed E-state index contributed by atoms with van der Waals surface area (Å²) < 4.78 is 29.9. The molecule has 5 nitrogen and oxygen atoms in total. The Morgan fingerprint density at radius 1 is 1.07 bits per heavy atom. The second-order valence-corrected chi connectivity index (χ2v) is 10.4. The number of benzene rings is 1. The van der Waals surface area contributed by atoms with Gasteiger partial charge in [-0.2, -0.15) is 0 Å². The molecule has 6 heteroatoms. The number of hydrogen-bond acceptors (Lipinski definition) is 5. The molecule has 0 radical (unpaired) electrons. The Morgan fingerprint density at radius 3 is 2.04 bits per heavy atom. The number of carbonyl (C=O) groups excluding carboxylic acids is 1. The summed E-state index contributed by atoms with van der Waals surface area (Å²) >= 11 is 0. The summed E-state index contributed by atoms with van der Waals surface area (Å²) in [4.78, 5) is 12.8. The van der Waals surface area contributed by atoms with Gasteiger partial charge in [0.1, 0.15) is 5.75 Å². The Hall–Kier alpha value is -1.16. The van der Waals surface area contributed by atoms with E-state index in [1.165, 1.54) is 0 Å². The van der Waals surface area contributed by atoms with Crippen molar-refractivity contribution in [3.05, 3.63) is 28.8 Å². The maximum atomic E-state index is 13.1. The Bertz CT molecular complexity index is 679. The molecule has 0 aliphatic rings. The predicted octanol–water partition coefficient (Wildman–Crippen LogP) is 5.94. The van der Waals surface area contributed by atoms with E-state index >= 15 is 0 Å². The van der Waals surface area contributed by atoms with Crippen molar-refractivity contribution in [2.45, 2.75) is 79.3 Å². The van der Waals surface area contributed by atoms with Crippen LogP contribution in [0.25, 0.3) is 0 Å². The molecule has 1 aromatic rings. The van der Waals surface area contributed by atoms with Crippen molar-refractivity contribution >= 4 is 13.6 Å². The van der Waals surface area contributed by atoms with E-state index in [1.807, 2.05) is 39.8 Å². The van der Waals surface area contributed by atoms with E-state index in [0.717, 1.165) is 16.7 Å². The molecule has 0 spiro atoms. The largest absolute Gasteiger partial charge is 0.425 e. The second kappa shape index (κ2) is 9.86. The smallest absolute Gasteiger partial charge is 0.344 e. The summed E-state index contributed by atoms with van der Waals surface area (Å²) in [5.41, 5.74) is 1.73. The highest BCUT2D eigenvalue weighted by Crippen LogP contribution is 2.53. The average Bonchev–Trinajstić information content (AvgIpc) is 2.58. The summed E-state index contributed by atoms with van der Waals surface area (Å²) in [6, 6.07) is 4.00. The first kappa shape index (κ1) is 23.9. The zero-order chi connectivity index (χ0) is 20.8. The lowest BCUT2D eigenvalue weighted by Crippen LogP contribution is -2.27. The third-order valence-corrected chi connectivity index (χ3v) is 6.44. The van der Waals surface area contributed by atoms with Crippen LogP contribution in [0, 0.1) is 13.8 Å². The van der Waals surface area contributed by atoms with E-state index in [-0.39, 0.29) is 18.6 Å². The maximum absolute atomic E-state index is 13.1. The molecule has 1 unspecified atom stereocenters. The highest BCUT2D eigenvalue weighted by Gasteiger charge is 2.40. The van der Waals surface area contributed by atoms with Crippen molar-refractivity contribution in [3.63, 3.8) is 0 Å². The third-order valence-electron chi connectivity index (χ3n) is 4.20. The standard InChI is InChI=1S/C21H35O5P/c1-9-11-24-27(23,25-12-10-2)17(5)20(22)26-19-16(4)13-15(3)14-18(19)21(6,7)8/h13-14,17H,9-12H2,1-8H3. The van der Waals surface area contributed by atoms with Crippen LogP contribution in [0.5, 0.6) is 5.75 Å². The molecular weight excluding hydrogens is 363 g/mol. The minimum Gasteiger partial charge on any atom is -0.425 e. The second-order valence-electron chi connectivity index (χ2n) is 8.01. The molecule has 1 aromatic carbocycles. The van der Waals surface area contributed by atoms with Gasteiger partial charge in [0.05, 0.1) is 13.2 Å². The van der Waals surface area contributed by atoms with Crippen LogP contribution in [-0.2, 0) is 23.8 Å². The van der Waals surface area contributed by atoms with Crippen molar-refractivity contribution < 1.29 is 23.1 Å². The predicted molar refractivity (Wildman–Crippen MR) is 110 cm³/mol. The van der Waals surface area contributed by atoms with Gasteiger partial charge in [-0.3, -0.25) is 9.36 Å². The van der Waals surface area contributed by atoms with Gasteiger partial charge in [-0.1, -0.05) is 52.3 Å². The summed E-state index contributed by atoms with van der Waals surface area (Å²) in [6.07, 6.45) is 1.37. The number of carbonyl (C=O) groups is 1. The number of rotatable bonds is 9. The van der Waals surface area contributed by atoms with E-state index in [4.69, 9.17) is 13.8 Å². The Kier molecular flexibility index (Phi) is 8.72. The van der Waals surface area contributed by atoms with Gasteiger partial charge in [0.25, 0.3) is 0 Å². The lowest BCUT2D eigenvalue weighted by atomic mass is 9.84. The highest BCUT2D eigenvalue weighted by molar-refractivity contribution is 7.55.